The van der Waals surface area contributed by atoms with Crippen LogP contribution in [0.25, 0.3) is 11.3 Å². The van der Waals surface area contributed by atoms with Gasteiger partial charge in [0.2, 0.25) is 5.91 Å². The third-order valence-corrected chi connectivity index (χ3v) is 5.27. The Kier molecular flexibility index (Phi) is 3.80. The molecule has 24 heavy (non-hydrogen) atoms. The molecular formula is C18H20N4O2. The number of carbonyl (C=O) groups is 2. The molecule has 0 spiro atoms. The zero-order valence-corrected chi connectivity index (χ0v) is 13.3. The molecule has 3 unspecified atom stereocenters. The molecule has 0 aliphatic heterocycles. The first-order valence-corrected chi connectivity index (χ1v) is 8.41. The number of amides is 2. The Morgan fingerprint density at radius 1 is 1.08 bits per heavy atom. The molecule has 2 aromatic rings. The minimum atomic E-state index is -0.388. The van der Waals surface area contributed by atoms with Crippen LogP contribution in [0.4, 0.5) is 0 Å². The number of hydrogen-bond donors (Lipinski definition) is 3. The van der Waals surface area contributed by atoms with E-state index < -0.39 is 0 Å². The molecule has 1 aromatic carbocycles. The highest BCUT2D eigenvalue weighted by molar-refractivity contribution is 5.94. The maximum atomic E-state index is 12.2. The van der Waals surface area contributed by atoms with Crippen molar-refractivity contribution in [3.63, 3.8) is 0 Å². The van der Waals surface area contributed by atoms with Crippen LogP contribution in [0.5, 0.6) is 0 Å². The van der Waals surface area contributed by atoms with Gasteiger partial charge in [-0.05, 0) is 37.2 Å². The van der Waals surface area contributed by atoms with Crippen molar-refractivity contribution < 1.29 is 9.59 Å². The molecule has 0 radical (unpaired) electrons. The lowest BCUT2D eigenvalue weighted by atomic mass is 9.88. The summed E-state index contributed by atoms with van der Waals surface area (Å²) in [6.07, 6.45) is 4.50. The van der Waals surface area contributed by atoms with Crippen molar-refractivity contribution in [3.05, 3.63) is 42.1 Å². The Morgan fingerprint density at radius 3 is 2.62 bits per heavy atom. The quantitative estimate of drug-likeness (QED) is 0.757. The van der Waals surface area contributed by atoms with Gasteiger partial charge in [-0.3, -0.25) is 25.5 Å². The molecule has 6 nitrogen and oxygen atoms in total. The van der Waals surface area contributed by atoms with Gasteiger partial charge in [0.15, 0.2) is 0 Å². The number of hydrazine groups is 1. The van der Waals surface area contributed by atoms with E-state index in [1.807, 2.05) is 30.3 Å². The second-order valence-electron chi connectivity index (χ2n) is 6.76. The Morgan fingerprint density at radius 2 is 1.92 bits per heavy atom. The number of fused-ring (bicyclic) bond motifs is 2. The van der Waals surface area contributed by atoms with E-state index in [0.29, 0.717) is 23.2 Å². The van der Waals surface area contributed by atoms with E-state index in [9.17, 15) is 9.59 Å². The highest BCUT2D eigenvalue weighted by atomic mass is 16.2. The van der Waals surface area contributed by atoms with E-state index in [2.05, 4.69) is 21.0 Å². The molecule has 3 N–H and O–H groups in total. The number of benzene rings is 1. The lowest BCUT2D eigenvalue weighted by Crippen LogP contribution is -2.45. The Bertz CT molecular complexity index is 755. The van der Waals surface area contributed by atoms with Crippen LogP contribution in [0.1, 0.15) is 36.2 Å². The van der Waals surface area contributed by atoms with Gasteiger partial charge in [0.25, 0.3) is 5.91 Å². The van der Waals surface area contributed by atoms with Gasteiger partial charge in [-0.15, -0.1) is 0 Å². The third-order valence-electron chi connectivity index (χ3n) is 5.27. The molecule has 4 rings (SSSR count). The first-order chi connectivity index (χ1) is 11.7. The van der Waals surface area contributed by atoms with Gasteiger partial charge < -0.3 is 0 Å². The number of H-pyrrole nitrogens is 1. The zero-order chi connectivity index (χ0) is 16.5. The van der Waals surface area contributed by atoms with Gasteiger partial charge in [-0.2, -0.15) is 5.10 Å². The van der Waals surface area contributed by atoms with Gasteiger partial charge in [-0.25, -0.2) is 0 Å². The lowest BCUT2D eigenvalue weighted by molar-refractivity contribution is -0.127. The molecule has 1 heterocycles. The standard InChI is InChI=1S/C18H20N4O2/c23-17(14-9-11-6-7-13(14)8-11)21-22-18(24)16-10-15(19-20-16)12-4-2-1-3-5-12/h1-5,10-11,13-14H,6-9H2,(H,19,20)(H,21,23)(H,22,24). The molecule has 2 aliphatic rings. The van der Waals surface area contributed by atoms with Crippen molar-refractivity contribution in [2.75, 3.05) is 0 Å². The fraction of sp³-hybridized carbons (Fsp3) is 0.389. The topological polar surface area (TPSA) is 86.9 Å². The minimum absolute atomic E-state index is 0.0469. The molecule has 3 atom stereocenters. The maximum absolute atomic E-state index is 12.2. The number of rotatable bonds is 3. The Hall–Kier alpha value is -2.63. The van der Waals surface area contributed by atoms with Gasteiger partial charge in [-0.1, -0.05) is 36.8 Å². The molecule has 1 aromatic heterocycles. The average molecular weight is 324 g/mol. The van der Waals surface area contributed by atoms with E-state index >= 15 is 0 Å². The smallest absolute Gasteiger partial charge is 0.273 e. The third kappa shape index (κ3) is 2.79. The van der Waals surface area contributed by atoms with Crippen LogP contribution in [0, 0.1) is 17.8 Å². The summed E-state index contributed by atoms with van der Waals surface area (Å²) in [4.78, 5) is 24.4. The summed E-state index contributed by atoms with van der Waals surface area (Å²) < 4.78 is 0. The van der Waals surface area contributed by atoms with Crippen LogP contribution in [-0.2, 0) is 4.79 Å². The number of aromatic nitrogens is 2. The Balaban J connectivity index is 1.35. The predicted molar refractivity (Wildman–Crippen MR) is 88.6 cm³/mol. The highest BCUT2D eigenvalue weighted by Crippen LogP contribution is 2.48. The van der Waals surface area contributed by atoms with Gasteiger partial charge in [0, 0.05) is 11.5 Å². The molecule has 6 heteroatoms. The first-order valence-electron chi connectivity index (χ1n) is 8.41. The minimum Gasteiger partial charge on any atom is -0.273 e. The van der Waals surface area contributed by atoms with Crippen molar-refractivity contribution in [2.24, 2.45) is 17.8 Å². The fourth-order valence-corrected chi connectivity index (χ4v) is 4.04. The zero-order valence-electron chi connectivity index (χ0n) is 13.3. The number of carbonyl (C=O) groups excluding carboxylic acids is 2. The monoisotopic (exact) mass is 324 g/mol. The average Bonchev–Trinajstić information content (AvgIpc) is 3.36. The fourth-order valence-electron chi connectivity index (χ4n) is 4.04. The predicted octanol–water partition coefficient (Wildman–Crippen LogP) is 2.27. The second kappa shape index (κ2) is 6.11. The number of aromatic amines is 1. The lowest BCUT2D eigenvalue weighted by Gasteiger charge is -2.20. The molecule has 0 saturated heterocycles. The molecular weight excluding hydrogens is 304 g/mol. The second-order valence-corrected chi connectivity index (χ2v) is 6.76. The summed E-state index contributed by atoms with van der Waals surface area (Å²) in [5.74, 6) is 0.775. The molecule has 2 bridgehead atoms. The van der Waals surface area contributed by atoms with Crippen molar-refractivity contribution >= 4 is 11.8 Å². The maximum Gasteiger partial charge on any atom is 0.287 e. The van der Waals surface area contributed by atoms with Gasteiger partial charge in [0.1, 0.15) is 5.69 Å². The van der Waals surface area contributed by atoms with Crippen molar-refractivity contribution in [1.82, 2.24) is 21.0 Å². The van der Waals surface area contributed by atoms with E-state index in [1.54, 1.807) is 6.07 Å². The Labute approximate surface area is 140 Å². The summed E-state index contributed by atoms with van der Waals surface area (Å²) >= 11 is 0. The number of hydrogen-bond acceptors (Lipinski definition) is 3. The van der Waals surface area contributed by atoms with E-state index in [4.69, 9.17) is 0 Å². The van der Waals surface area contributed by atoms with Crippen LogP contribution in [0.15, 0.2) is 36.4 Å². The van der Waals surface area contributed by atoms with E-state index in [1.165, 1.54) is 6.42 Å². The van der Waals surface area contributed by atoms with Crippen LogP contribution < -0.4 is 10.9 Å². The number of nitrogens with one attached hydrogen (secondary N) is 3. The summed E-state index contributed by atoms with van der Waals surface area (Å²) in [6, 6.07) is 11.3. The molecule has 2 fully saturated rings. The normalized spacial score (nSPS) is 24.8. The van der Waals surface area contributed by atoms with Gasteiger partial charge >= 0.3 is 0 Å². The van der Waals surface area contributed by atoms with E-state index in [0.717, 1.165) is 24.8 Å². The van der Waals surface area contributed by atoms with E-state index in [-0.39, 0.29) is 17.7 Å². The first kappa shape index (κ1) is 14.9. The summed E-state index contributed by atoms with van der Waals surface area (Å²) in [5.41, 5.74) is 7.01. The van der Waals surface area contributed by atoms with Gasteiger partial charge in [0.05, 0.1) is 5.69 Å². The van der Waals surface area contributed by atoms with Crippen LogP contribution in [-0.4, -0.2) is 22.0 Å². The van der Waals surface area contributed by atoms with Crippen molar-refractivity contribution in [3.8, 4) is 11.3 Å². The molecule has 2 aliphatic carbocycles. The summed E-state index contributed by atoms with van der Waals surface area (Å²) in [6.45, 7) is 0. The largest absolute Gasteiger partial charge is 0.287 e. The molecule has 2 amide bonds. The summed E-state index contributed by atoms with van der Waals surface area (Å²) in [5, 5.41) is 6.86. The van der Waals surface area contributed by atoms with Crippen molar-refractivity contribution in [1.29, 1.82) is 0 Å². The summed E-state index contributed by atoms with van der Waals surface area (Å²) in [7, 11) is 0. The molecule has 124 valence electrons. The van der Waals surface area contributed by atoms with Crippen LogP contribution in [0.2, 0.25) is 0 Å². The molecule has 2 saturated carbocycles. The SMILES string of the molecule is O=C(NNC(=O)C1CC2CCC1C2)c1cc(-c2ccccc2)n[nH]1. The van der Waals surface area contributed by atoms with Crippen LogP contribution >= 0.6 is 0 Å². The number of nitrogens with zero attached hydrogens (tertiary/aromatic N) is 1. The van der Waals surface area contributed by atoms with Crippen LogP contribution in [0.3, 0.4) is 0 Å². The van der Waals surface area contributed by atoms with Crippen molar-refractivity contribution in [2.45, 2.75) is 25.7 Å². The highest BCUT2D eigenvalue weighted by Gasteiger charge is 2.43.